The van der Waals surface area contributed by atoms with Crippen LogP contribution in [0.4, 0.5) is 0 Å². The molecule has 0 aliphatic heterocycles. The highest BCUT2D eigenvalue weighted by atomic mass is 35.5. The van der Waals surface area contributed by atoms with Crippen molar-refractivity contribution in [2.45, 2.75) is 57.6 Å². The van der Waals surface area contributed by atoms with Gasteiger partial charge >= 0.3 is 0 Å². The van der Waals surface area contributed by atoms with Gasteiger partial charge in [-0.25, -0.2) is 0 Å². The Morgan fingerprint density at radius 1 is 1.45 bits per heavy atom. The van der Waals surface area contributed by atoms with Crippen LogP contribution in [0, 0.1) is 6.92 Å². The smallest absolute Gasteiger partial charge is 0.251 e. The third-order valence-corrected chi connectivity index (χ3v) is 4.75. The third kappa shape index (κ3) is 3.53. The van der Waals surface area contributed by atoms with Gasteiger partial charge in [0.2, 0.25) is 0 Å². The predicted molar refractivity (Wildman–Crippen MR) is 81.2 cm³/mol. The van der Waals surface area contributed by atoms with Crippen LogP contribution in [0.2, 0.25) is 5.02 Å². The van der Waals surface area contributed by atoms with E-state index in [2.05, 4.69) is 5.32 Å². The van der Waals surface area contributed by atoms with Crippen molar-refractivity contribution in [1.29, 1.82) is 0 Å². The average molecular weight is 296 g/mol. The Kier molecular flexibility index (Phi) is 4.71. The highest BCUT2D eigenvalue weighted by molar-refractivity contribution is 6.31. The first kappa shape index (κ1) is 15.3. The molecule has 1 aromatic rings. The number of hydrogen-bond donors (Lipinski definition) is 2. The first-order valence-corrected chi connectivity index (χ1v) is 7.61. The van der Waals surface area contributed by atoms with Crippen LogP contribution >= 0.6 is 11.6 Å². The van der Waals surface area contributed by atoms with Crippen LogP contribution in [0.1, 0.15) is 54.9 Å². The molecule has 0 spiro atoms. The standard InChI is InChI=1S/C16H22ClNO2/c1-3-16(20)8-6-13(7-9-16)18-15(19)12-5-4-11(2)14(17)10-12/h4-5,10,13,20H,3,6-9H2,1-2H3,(H,18,19). The molecule has 1 aromatic carbocycles. The monoisotopic (exact) mass is 295 g/mol. The number of carbonyl (C=O) groups is 1. The molecule has 0 atom stereocenters. The van der Waals surface area contributed by atoms with Crippen LogP contribution < -0.4 is 5.32 Å². The lowest BCUT2D eigenvalue weighted by Gasteiger charge is -2.35. The second kappa shape index (κ2) is 6.15. The van der Waals surface area contributed by atoms with Gasteiger partial charge in [0.15, 0.2) is 0 Å². The minimum Gasteiger partial charge on any atom is -0.390 e. The fourth-order valence-electron chi connectivity index (χ4n) is 2.66. The molecule has 0 heterocycles. The molecule has 3 nitrogen and oxygen atoms in total. The van der Waals surface area contributed by atoms with Crippen LogP contribution in [0.5, 0.6) is 0 Å². The van der Waals surface area contributed by atoms with E-state index in [0.717, 1.165) is 37.7 Å². The van der Waals surface area contributed by atoms with Crippen molar-refractivity contribution in [2.75, 3.05) is 0 Å². The van der Waals surface area contributed by atoms with E-state index >= 15 is 0 Å². The zero-order chi connectivity index (χ0) is 14.8. The molecule has 1 saturated carbocycles. The zero-order valence-electron chi connectivity index (χ0n) is 12.1. The summed E-state index contributed by atoms with van der Waals surface area (Å²) in [6, 6.07) is 5.50. The quantitative estimate of drug-likeness (QED) is 0.897. The SMILES string of the molecule is CCC1(O)CCC(NC(=O)c2ccc(C)c(Cl)c2)CC1. The van der Waals surface area contributed by atoms with Gasteiger partial charge in [-0.2, -0.15) is 0 Å². The molecular weight excluding hydrogens is 274 g/mol. The number of halogens is 1. The molecule has 20 heavy (non-hydrogen) atoms. The highest BCUT2D eigenvalue weighted by Crippen LogP contribution is 2.31. The number of nitrogens with one attached hydrogen (secondary N) is 1. The number of rotatable bonds is 3. The molecule has 1 aliphatic rings. The number of aliphatic hydroxyl groups is 1. The van der Waals surface area contributed by atoms with E-state index < -0.39 is 5.60 Å². The van der Waals surface area contributed by atoms with E-state index in [1.54, 1.807) is 12.1 Å². The minimum absolute atomic E-state index is 0.0844. The summed E-state index contributed by atoms with van der Waals surface area (Å²) in [5.41, 5.74) is 1.03. The Labute approximate surface area is 125 Å². The molecule has 2 N–H and O–H groups in total. The van der Waals surface area contributed by atoms with Crippen LogP contribution in [0.3, 0.4) is 0 Å². The summed E-state index contributed by atoms with van der Waals surface area (Å²) in [5.74, 6) is -0.0844. The van der Waals surface area contributed by atoms with Crippen LogP contribution in [-0.2, 0) is 0 Å². The lowest BCUT2D eigenvalue weighted by atomic mass is 9.80. The molecule has 110 valence electrons. The fraction of sp³-hybridized carbons (Fsp3) is 0.562. The largest absolute Gasteiger partial charge is 0.390 e. The van der Waals surface area contributed by atoms with Crippen molar-refractivity contribution in [3.8, 4) is 0 Å². The van der Waals surface area contributed by atoms with Gasteiger partial charge in [-0.3, -0.25) is 4.79 Å². The molecule has 0 unspecified atom stereocenters. The van der Waals surface area contributed by atoms with Gasteiger partial charge in [0.25, 0.3) is 5.91 Å². The van der Waals surface area contributed by atoms with Gasteiger partial charge < -0.3 is 10.4 Å². The van der Waals surface area contributed by atoms with E-state index in [9.17, 15) is 9.90 Å². The molecule has 2 rings (SSSR count). The number of aryl methyl sites for hydroxylation is 1. The van der Waals surface area contributed by atoms with Gasteiger partial charge in [0.1, 0.15) is 0 Å². The van der Waals surface area contributed by atoms with Gasteiger partial charge in [0, 0.05) is 16.6 Å². The molecule has 1 aliphatic carbocycles. The van der Waals surface area contributed by atoms with Gasteiger partial charge in [-0.05, 0) is 56.7 Å². The van der Waals surface area contributed by atoms with Crippen molar-refractivity contribution < 1.29 is 9.90 Å². The summed E-state index contributed by atoms with van der Waals surface area (Å²) in [5, 5.41) is 13.8. The van der Waals surface area contributed by atoms with Crippen LogP contribution in [0.25, 0.3) is 0 Å². The third-order valence-electron chi connectivity index (χ3n) is 4.34. The number of benzene rings is 1. The van der Waals surface area contributed by atoms with Crippen molar-refractivity contribution in [3.63, 3.8) is 0 Å². The number of carbonyl (C=O) groups excluding carboxylic acids is 1. The van der Waals surface area contributed by atoms with E-state index in [0.29, 0.717) is 10.6 Å². The maximum absolute atomic E-state index is 12.2. The topological polar surface area (TPSA) is 49.3 Å². The van der Waals surface area contributed by atoms with E-state index in [1.165, 1.54) is 0 Å². The Bertz CT molecular complexity index is 493. The molecule has 0 saturated heterocycles. The molecular formula is C16H22ClNO2. The second-order valence-electron chi connectivity index (χ2n) is 5.79. The summed E-state index contributed by atoms with van der Waals surface area (Å²) in [7, 11) is 0. The van der Waals surface area contributed by atoms with Crippen molar-refractivity contribution >= 4 is 17.5 Å². The Hall–Kier alpha value is -1.06. The number of amides is 1. The molecule has 0 aromatic heterocycles. The molecule has 4 heteroatoms. The summed E-state index contributed by atoms with van der Waals surface area (Å²) in [6.45, 7) is 3.92. The Morgan fingerprint density at radius 3 is 2.65 bits per heavy atom. The Balaban J connectivity index is 1.94. The van der Waals surface area contributed by atoms with Crippen LogP contribution in [0.15, 0.2) is 18.2 Å². The molecule has 1 amide bonds. The van der Waals surface area contributed by atoms with E-state index in [4.69, 9.17) is 11.6 Å². The first-order chi connectivity index (χ1) is 9.43. The lowest BCUT2D eigenvalue weighted by Crippen LogP contribution is -2.43. The summed E-state index contributed by atoms with van der Waals surface area (Å²) < 4.78 is 0. The molecule has 1 fully saturated rings. The van der Waals surface area contributed by atoms with Gasteiger partial charge in [0.05, 0.1) is 5.60 Å². The van der Waals surface area contributed by atoms with E-state index in [1.807, 2.05) is 19.9 Å². The number of hydrogen-bond acceptors (Lipinski definition) is 2. The maximum atomic E-state index is 12.2. The van der Waals surface area contributed by atoms with Crippen molar-refractivity contribution in [3.05, 3.63) is 34.3 Å². The lowest BCUT2D eigenvalue weighted by molar-refractivity contribution is -0.00652. The maximum Gasteiger partial charge on any atom is 0.251 e. The summed E-state index contributed by atoms with van der Waals surface area (Å²) in [4.78, 5) is 12.2. The van der Waals surface area contributed by atoms with Gasteiger partial charge in [-0.15, -0.1) is 0 Å². The minimum atomic E-state index is -0.533. The van der Waals surface area contributed by atoms with Crippen LogP contribution in [-0.4, -0.2) is 22.7 Å². The molecule has 0 bridgehead atoms. The van der Waals surface area contributed by atoms with Crippen molar-refractivity contribution in [1.82, 2.24) is 5.32 Å². The van der Waals surface area contributed by atoms with Crippen molar-refractivity contribution in [2.24, 2.45) is 0 Å². The Morgan fingerprint density at radius 2 is 2.10 bits per heavy atom. The summed E-state index contributed by atoms with van der Waals surface area (Å²) >= 11 is 6.04. The zero-order valence-corrected chi connectivity index (χ0v) is 12.8. The fourth-order valence-corrected chi connectivity index (χ4v) is 2.84. The highest BCUT2D eigenvalue weighted by Gasteiger charge is 2.32. The predicted octanol–water partition coefficient (Wildman–Crippen LogP) is 3.46. The summed E-state index contributed by atoms with van der Waals surface area (Å²) in [6.07, 6.45) is 3.94. The van der Waals surface area contributed by atoms with Gasteiger partial charge in [-0.1, -0.05) is 24.6 Å². The average Bonchev–Trinajstić information content (AvgIpc) is 2.44. The normalized spacial score (nSPS) is 26.3. The van der Waals surface area contributed by atoms with E-state index in [-0.39, 0.29) is 11.9 Å². The first-order valence-electron chi connectivity index (χ1n) is 7.23. The molecule has 0 radical (unpaired) electrons. The second-order valence-corrected chi connectivity index (χ2v) is 6.20.